The molecule has 2 aromatic carbocycles. The Bertz CT molecular complexity index is 1020. The molecule has 32 heavy (non-hydrogen) atoms. The van der Waals surface area contributed by atoms with Gasteiger partial charge in [-0.3, -0.25) is 4.79 Å². The molecule has 6 heteroatoms. The molecule has 2 saturated heterocycles. The minimum absolute atomic E-state index is 0.0687. The fraction of sp³-hybridized carbons (Fsp3) is 0.308. The maximum Gasteiger partial charge on any atom is 0.255 e. The van der Waals surface area contributed by atoms with Gasteiger partial charge in [0.15, 0.2) is 0 Å². The zero-order valence-corrected chi connectivity index (χ0v) is 18.2. The summed E-state index contributed by atoms with van der Waals surface area (Å²) < 4.78 is 0. The first-order valence-electron chi connectivity index (χ1n) is 11.4. The second kappa shape index (κ2) is 9.40. The summed E-state index contributed by atoms with van der Waals surface area (Å²) >= 11 is 0. The van der Waals surface area contributed by atoms with Crippen LogP contribution in [0.4, 0.5) is 11.5 Å². The van der Waals surface area contributed by atoms with Gasteiger partial charge in [-0.05, 0) is 29.8 Å². The second-order valence-corrected chi connectivity index (χ2v) is 8.38. The Kier molecular flexibility index (Phi) is 6.03. The van der Waals surface area contributed by atoms with Crippen molar-refractivity contribution in [2.75, 3.05) is 55.6 Å². The predicted molar refractivity (Wildman–Crippen MR) is 128 cm³/mol. The van der Waals surface area contributed by atoms with Crippen LogP contribution in [-0.2, 0) is 0 Å². The van der Waals surface area contributed by atoms with Crippen molar-refractivity contribution < 1.29 is 4.79 Å². The van der Waals surface area contributed by atoms with Crippen LogP contribution in [0, 0.1) is 0 Å². The summed E-state index contributed by atoms with van der Waals surface area (Å²) in [5.74, 6) is 0.997. The lowest BCUT2D eigenvalue weighted by Gasteiger charge is -2.36. The van der Waals surface area contributed by atoms with E-state index in [4.69, 9.17) is 0 Å². The van der Waals surface area contributed by atoms with E-state index in [0.29, 0.717) is 5.56 Å². The van der Waals surface area contributed by atoms with Crippen LogP contribution in [0.3, 0.4) is 0 Å². The van der Waals surface area contributed by atoms with Crippen LogP contribution < -0.4 is 15.1 Å². The highest BCUT2D eigenvalue weighted by Crippen LogP contribution is 2.22. The highest BCUT2D eigenvalue weighted by Gasteiger charge is 2.24. The third kappa shape index (κ3) is 4.46. The molecule has 2 fully saturated rings. The molecule has 3 aromatic rings. The van der Waals surface area contributed by atoms with Crippen molar-refractivity contribution in [3.05, 3.63) is 90.1 Å². The fourth-order valence-electron chi connectivity index (χ4n) is 4.56. The van der Waals surface area contributed by atoms with Gasteiger partial charge in [0.05, 0.1) is 5.56 Å². The third-order valence-corrected chi connectivity index (χ3v) is 6.38. The number of pyridine rings is 1. The molecule has 1 atom stereocenters. The Morgan fingerprint density at radius 3 is 2.22 bits per heavy atom. The number of nitrogens with zero attached hydrogens (tertiary/aromatic N) is 4. The standard InChI is InChI=1S/C26H29N5O/c32-26(30-17-15-29(16-18-30)23-9-5-2-6-10-23)22-11-12-25(28-19-22)31-14-13-27-24(20-31)21-7-3-1-4-8-21/h1-12,19,24,27H,13-18,20H2/t24-/m0/s1. The number of para-hydroxylation sites is 1. The molecule has 0 saturated carbocycles. The molecule has 0 aliphatic carbocycles. The molecule has 5 rings (SSSR count). The number of rotatable bonds is 4. The maximum absolute atomic E-state index is 13.0. The zero-order valence-electron chi connectivity index (χ0n) is 18.2. The number of amides is 1. The first-order chi connectivity index (χ1) is 15.8. The van der Waals surface area contributed by atoms with Crippen LogP contribution in [-0.4, -0.2) is 61.6 Å². The Balaban J connectivity index is 1.20. The summed E-state index contributed by atoms with van der Waals surface area (Å²) in [5, 5.41) is 3.59. The Morgan fingerprint density at radius 2 is 1.53 bits per heavy atom. The molecule has 0 spiro atoms. The van der Waals surface area contributed by atoms with E-state index in [2.05, 4.69) is 68.6 Å². The van der Waals surface area contributed by atoms with Crippen LogP contribution in [0.25, 0.3) is 0 Å². The number of hydrogen-bond donors (Lipinski definition) is 1. The summed E-state index contributed by atoms with van der Waals surface area (Å²) in [4.78, 5) is 24.2. The van der Waals surface area contributed by atoms with Crippen LogP contribution >= 0.6 is 0 Å². The van der Waals surface area contributed by atoms with E-state index >= 15 is 0 Å². The average Bonchev–Trinajstić information content (AvgIpc) is 2.89. The molecule has 2 aliphatic rings. The number of nitrogens with one attached hydrogen (secondary N) is 1. The number of anilines is 2. The minimum atomic E-state index is 0.0687. The predicted octanol–water partition coefficient (Wildman–Crippen LogP) is 3.19. The van der Waals surface area contributed by atoms with Gasteiger partial charge in [0, 0.05) is 63.7 Å². The molecule has 0 unspecified atom stereocenters. The SMILES string of the molecule is O=C(c1ccc(N2CCN[C@H](c3ccccc3)C2)nc1)N1CCN(c2ccccc2)CC1. The molecular formula is C26H29N5O. The first-order valence-corrected chi connectivity index (χ1v) is 11.4. The smallest absolute Gasteiger partial charge is 0.255 e. The molecule has 1 N–H and O–H groups in total. The van der Waals surface area contributed by atoms with Crippen LogP contribution in [0.2, 0.25) is 0 Å². The maximum atomic E-state index is 13.0. The number of carbonyl (C=O) groups is 1. The highest BCUT2D eigenvalue weighted by molar-refractivity contribution is 5.94. The molecule has 0 radical (unpaired) electrons. The van der Waals surface area contributed by atoms with Gasteiger partial charge in [-0.1, -0.05) is 48.5 Å². The van der Waals surface area contributed by atoms with E-state index in [-0.39, 0.29) is 11.9 Å². The summed E-state index contributed by atoms with van der Waals surface area (Å²) in [7, 11) is 0. The van der Waals surface area contributed by atoms with Crippen molar-refractivity contribution in [2.24, 2.45) is 0 Å². The summed E-state index contributed by atoms with van der Waals surface area (Å²) in [6.07, 6.45) is 1.74. The van der Waals surface area contributed by atoms with Crippen molar-refractivity contribution in [2.45, 2.75) is 6.04 Å². The van der Waals surface area contributed by atoms with E-state index in [9.17, 15) is 4.79 Å². The van der Waals surface area contributed by atoms with Gasteiger partial charge < -0.3 is 20.0 Å². The van der Waals surface area contributed by atoms with Gasteiger partial charge in [0.2, 0.25) is 0 Å². The Labute approximate surface area is 189 Å². The van der Waals surface area contributed by atoms with Gasteiger partial charge in [-0.2, -0.15) is 0 Å². The van der Waals surface area contributed by atoms with E-state index in [1.807, 2.05) is 29.2 Å². The molecular weight excluding hydrogens is 398 g/mol. The second-order valence-electron chi connectivity index (χ2n) is 8.38. The lowest BCUT2D eigenvalue weighted by Crippen LogP contribution is -2.48. The van der Waals surface area contributed by atoms with Gasteiger partial charge in [-0.15, -0.1) is 0 Å². The molecule has 164 valence electrons. The summed E-state index contributed by atoms with van der Waals surface area (Å²) in [5.41, 5.74) is 3.17. The minimum Gasteiger partial charge on any atom is -0.368 e. The topological polar surface area (TPSA) is 51.7 Å². The number of aromatic nitrogens is 1. The van der Waals surface area contributed by atoms with Crippen molar-refractivity contribution in [1.82, 2.24) is 15.2 Å². The summed E-state index contributed by atoms with van der Waals surface area (Å²) in [6.45, 7) is 5.84. The van der Waals surface area contributed by atoms with Crippen molar-refractivity contribution in [3.8, 4) is 0 Å². The van der Waals surface area contributed by atoms with Crippen molar-refractivity contribution in [1.29, 1.82) is 0 Å². The summed E-state index contributed by atoms with van der Waals surface area (Å²) in [6, 6.07) is 25.1. The monoisotopic (exact) mass is 427 g/mol. The van der Waals surface area contributed by atoms with Gasteiger partial charge in [0.1, 0.15) is 5.82 Å². The fourth-order valence-corrected chi connectivity index (χ4v) is 4.56. The number of benzene rings is 2. The van der Waals surface area contributed by atoms with E-state index < -0.39 is 0 Å². The van der Waals surface area contributed by atoms with Crippen molar-refractivity contribution >= 4 is 17.4 Å². The molecule has 2 aliphatic heterocycles. The Hall–Kier alpha value is -3.38. The Morgan fingerprint density at radius 1 is 0.812 bits per heavy atom. The molecule has 3 heterocycles. The quantitative estimate of drug-likeness (QED) is 0.693. The van der Waals surface area contributed by atoms with Gasteiger partial charge >= 0.3 is 0 Å². The van der Waals surface area contributed by atoms with E-state index in [1.54, 1.807) is 6.20 Å². The van der Waals surface area contributed by atoms with Crippen LogP contribution in [0.1, 0.15) is 22.0 Å². The molecule has 0 bridgehead atoms. The van der Waals surface area contributed by atoms with Gasteiger partial charge in [-0.25, -0.2) is 4.98 Å². The average molecular weight is 428 g/mol. The van der Waals surface area contributed by atoms with Crippen LogP contribution in [0.15, 0.2) is 79.0 Å². The molecule has 1 aromatic heterocycles. The van der Waals surface area contributed by atoms with E-state index in [1.165, 1.54) is 11.3 Å². The number of carbonyl (C=O) groups excluding carboxylic acids is 1. The van der Waals surface area contributed by atoms with Crippen molar-refractivity contribution in [3.63, 3.8) is 0 Å². The molecule has 1 amide bonds. The zero-order chi connectivity index (χ0) is 21.8. The number of hydrogen-bond acceptors (Lipinski definition) is 5. The first kappa shape index (κ1) is 20.5. The number of piperazine rings is 2. The van der Waals surface area contributed by atoms with Gasteiger partial charge in [0.25, 0.3) is 5.91 Å². The highest BCUT2D eigenvalue weighted by atomic mass is 16.2. The largest absolute Gasteiger partial charge is 0.368 e. The lowest BCUT2D eigenvalue weighted by molar-refractivity contribution is 0.0746. The lowest BCUT2D eigenvalue weighted by atomic mass is 10.0. The normalized spacial score (nSPS) is 19.1. The third-order valence-electron chi connectivity index (χ3n) is 6.38. The van der Waals surface area contributed by atoms with E-state index in [0.717, 1.165) is 51.6 Å². The molecule has 6 nitrogen and oxygen atoms in total. The van der Waals surface area contributed by atoms with Crippen LogP contribution in [0.5, 0.6) is 0 Å².